The number of halogens is 2. The highest BCUT2D eigenvalue weighted by molar-refractivity contribution is 14.1. The maximum absolute atomic E-state index is 13.7. The molecule has 1 heterocycles. The number of hydrogen-bond acceptors (Lipinski definition) is 2. The van der Waals surface area contributed by atoms with Crippen LogP contribution < -0.4 is 0 Å². The highest BCUT2D eigenvalue weighted by atomic mass is 127. The van der Waals surface area contributed by atoms with Gasteiger partial charge in [-0.15, -0.1) is 0 Å². The average Bonchev–Trinajstić information content (AvgIpc) is 2.18. The quantitative estimate of drug-likeness (QED) is 0.586. The molecule has 17 heavy (non-hydrogen) atoms. The lowest BCUT2D eigenvalue weighted by Gasteiger charge is -2.36. The Hall–Kier alpha value is -0.0131. The first-order valence-electron chi connectivity index (χ1n) is 5.58. The second-order valence-corrected chi connectivity index (χ2v) is 11.6. The molecule has 96 valence electrons. The van der Waals surface area contributed by atoms with Crippen molar-refractivity contribution in [3.8, 4) is 0 Å². The van der Waals surface area contributed by atoms with Gasteiger partial charge in [0.25, 0.3) is 0 Å². The maximum Gasteiger partial charge on any atom is 0.192 e. The largest absolute Gasteiger partial charge is 0.411 e. The molecule has 1 aromatic heterocycles. The third kappa shape index (κ3) is 3.72. The lowest BCUT2D eigenvalue weighted by Crippen LogP contribution is -2.40. The minimum Gasteiger partial charge on any atom is -0.411 e. The summed E-state index contributed by atoms with van der Waals surface area (Å²) in [4.78, 5) is 4.04. The summed E-state index contributed by atoms with van der Waals surface area (Å²) in [5.41, 5.74) is 0.404. The number of aromatic nitrogens is 1. The van der Waals surface area contributed by atoms with Gasteiger partial charge in [-0.25, -0.2) is 4.39 Å². The monoisotopic (exact) mass is 367 g/mol. The summed E-state index contributed by atoms with van der Waals surface area (Å²) in [7, 11) is -1.84. The number of nitrogens with zero attached hydrogens (tertiary/aromatic N) is 1. The van der Waals surface area contributed by atoms with E-state index in [-0.39, 0.29) is 17.5 Å². The highest BCUT2D eigenvalue weighted by Gasteiger charge is 2.37. The van der Waals surface area contributed by atoms with Crippen LogP contribution in [0.1, 0.15) is 26.5 Å². The molecular formula is C12H19FINOSi. The molecule has 0 aliphatic rings. The molecule has 0 aromatic carbocycles. The molecule has 0 aliphatic heterocycles. The molecule has 2 nitrogen and oxygen atoms in total. The van der Waals surface area contributed by atoms with Crippen LogP contribution in [0, 0.1) is 9.39 Å². The number of hydrogen-bond donors (Lipinski definition) is 0. The van der Waals surface area contributed by atoms with E-state index in [0.29, 0.717) is 9.26 Å². The van der Waals surface area contributed by atoms with Gasteiger partial charge in [0.1, 0.15) is 5.69 Å². The van der Waals surface area contributed by atoms with Crippen LogP contribution in [0.2, 0.25) is 18.1 Å². The van der Waals surface area contributed by atoms with Crippen LogP contribution in [-0.4, -0.2) is 13.3 Å². The van der Waals surface area contributed by atoms with Crippen LogP contribution in [0.4, 0.5) is 4.39 Å². The maximum atomic E-state index is 13.7. The standard InChI is InChI=1S/C12H19FINOSi/c1-12(2,3)17(4,5)16-8-10-11(13)9(14)6-7-15-10/h6-7H,8H2,1-5H3. The molecule has 0 amide bonds. The second kappa shape index (κ2) is 5.32. The van der Waals surface area contributed by atoms with Crippen molar-refractivity contribution in [2.45, 2.75) is 45.5 Å². The van der Waals surface area contributed by atoms with Gasteiger partial charge in [0.05, 0.1) is 10.2 Å². The zero-order valence-electron chi connectivity index (χ0n) is 11.0. The third-order valence-corrected chi connectivity index (χ3v) is 8.60. The second-order valence-electron chi connectivity index (χ2n) is 5.60. The molecule has 0 aliphatic carbocycles. The molecule has 5 heteroatoms. The van der Waals surface area contributed by atoms with Crippen LogP contribution in [0.3, 0.4) is 0 Å². The molecular weight excluding hydrogens is 348 g/mol. The van der Waals surface area contributed by atoms with Crippen LogP contribution in [0.15, 0.2) is 12.3 Å². The Morgan fingerprint density at radius 1 is 1.41 bits per heavy atom. The Kier molecular flexibility index (Phi) is 4.71. The average molecular weight is 367 g/mol. The lowest BCUT2D eigenvalue weighted by atomic mass is 10.2. The Morgan fingerprint density at radius 3 is 2.53 bits per heavy atom. The first-order valence-corrected chi connectivity index (χ1v) is 9.57. The summed E-state index contributed by atoms with van der Waals surface area (Å²) in [6.45, 7) is 11.1. The van der Waals surface area contributed by atoms with Crippen molar-refractivity contribution >= 4 is 30.9 Å². The van der Waals surface area contributed by atoms with Crippen molar-refractivity contribution in [2.24, 2.45) is 0 Å². The fourth-order valence-electron chi connectivity index (χ4n) is 1.03. The van der Waals surface area contributed by atoms with Crippen LogP contribution >= 0.6 is 22.6 Å². The van der Waals surface area contributed by atoms with Crippen molar-refractivity contribution in [2.75, 3.05) is 0 Å². The van der Waals surface area contributed by atoms with Crippen LogP contribution in [0.5, 0.6) is 0 Å². The van der Waals surface area contributed by atoms with Gasteiger partial charge < -0.3 is 4.43 Å². The third-order valence-electron chi connectivity index (χ3n) is 3.29. The molecule has 0 bridgehead atoms. The van der Waals surface area contributed by atoms with E-state index in [1.807, 2.05) is 22.6 Å². The summed E-state index contributed by atoms with van der Waals surface area (Å²) < 4.78 is 20.3. The SMILES string of the molecule is CC(C)(C)[Si](C)(C)OCc1nccc(I)c1F. The Labute approximate surface area is 117 Å². The number of pyridine rings is 1. The van der Waals surface area contributed by atoms with E-state index in [2.05, 4.69) is 38.8 Å². The van der Waals surface area contributed by atoms with E-state index >= 15 is 0 Å². The molecule has 0 saturated carbocycles. The van der Waals surface area contributed by atoms with Crippen molar-refractivity contribution in [3.05, 3.63) is 27.3 Å². The normalized spacial score (nSPS) is 12.9. The molecule has 0 fully saturated rings. The van der Waals surface area contributed by atoms with E-state index in [1.165, 1.54) is 0 Å². The van der Waals surface area contributed by atoms with Gasteiger partial charge in [-0.3, -0.25) is 4.98 Å². The van der Waals surface area contributed by atoms with Gasteiger partial charge in [0, 0.05) is 6.20 Å². The Bertz CT molecular complexity index is 404. The van der Waals surface area contributed by atoms with Crippen molar-refractivity contribution in [1.82, 2.24) is 4.98 Å². The van der Waals surface area contributed by atoms with Gasteiger partial charge >= 0.3 is 0 Å². The van der Waals surface area contributed by atoms with E-state index in [0.717, 1.165) is 0 Å². The molecule has 0 radical (unpaired) electrons. The summed E-state index contributed by atoms with van der Waals surface area (Å²) in [5.74, 6) is -0.258. The van der Waals surface area contributed by atoms with Crippen molar-refractivity contribution in [1.29, 1.82) is 0 Å². The first-order chi connectivity index (χ1) is 7.65. The Morgan fingerprint density at radius 2 is 2.00 bits per heavy atom. The summed E-state index contributed by atoms with van der Waals surface area (Å²) in [5, 5.41) is 0.130. The van der Waals surface area contributed by atoms with E-state index < -0.39 is 8.32 Å². The predicted octanol–water partition coefficient (Wildman–Crippen LogP) is 4.35. The molecule has 0 unspecified atom stereocenters. The molecule has 1 aromatic rings. The van der Waals surface area contributed by atoms with Gasteiger partial charge in [-0.05, 0) is 46.8 Å². The molecule has 0 saturated heterocycles. The topological polar surface area (TPSA) is 22.1 Å². The number of rotatable bonds is 3. The Balaban J connectivity index is 2.78. The fourth-order valence-corrected chi connectivity index (χ4v) is 2.43. The smallest absolute Gasteiger partial charge is 0.192 e. The van der Waals surface area contributed by atoms with E-state index in [4.69, 9.17) is 4.43 Å². The molecule has 0 atom stereocenters. The minimum absolute atomic E-state index is 0.130. The summed E-state index contributed by atoms with van der Waals surface area (Å²) in [6, 6.07) is 1.66. The van der Waals surface area contributed by atoms with Gasteiger partial charge in [-0.1, -0.05) is 20.8 Å². The summed E-state index contributed by atoms with van der Waals surface area (Å²) in [6.07, 6.45) is 1.62. The van der Waals surface area contributed by atoms with Crippen molar-refractivity contribution < 1.29 is 8.82 Å². The lowest BCUT2D eigenvalue weighted by molar-refractivity contribution is 0.266. The fraction of sp³-hybridized carbons (Fsp3) is 0.583. The summed E-state index contributed by atoms with van der Waals surface area (Å²) >= 11 is 1.97. The van der Waals surface area contributed by atoms with E-state index in [1.54, 1.807) is 12.3 Å². The predicted molar refractivity (Wildman–Crippen MR) is 78.9 cm³/mol. The van der Waals surface area contributed by atoms with Crippen LogP contribution in [0.25, 0.3) is 0 Å². The molecule has 1 rings (SSSR count). The first kappa shape index (κ1) is 15.0. The molecule has 0 N–H and O–H groups in total. The highest BCUT2D eigenvalue weighted by Crippen LogP contribution is 2.37. The minimum atomic E-state index is -1.84. The van der Waals surface area contributed by atoms with Gasteiger partial charge in [0.15, 0.2) is 14.1 Å². The van der Waals surface area contributed by atoms with Gasteiger partial charge in [0.2, 0.25) is 0 Å². The molecule has 0 spiro atoms. The van der Waals surface area contributed by atoms with Gasteiger partial charge in [-0.2, -0.15) is 0 Å². The van der Waals surface area contributed by atoms with E-state index in [9.17, 15) is 4.39 Å². The van der Waals surface area contributed by atoms with Crippen molar-refractivity contribution in [3.63, 3.8) is 0 Å². The van der Waals surface area contributed by atoms with Crippen LogP contribution in [-0.2, 0) is 11.0 Å². The zero-order valence-corrected chi connectivity index (χ0v) is 14.1. The zero-order chi connectivity index (χ0) is 13.3.